The lowest BCUT2D eigenvalue weighted by molar-refractivity contribution is 0.0230. The number of nitrogens with zero attached hydrogens (tertiary/aromatic N) is 2. The summed E-state index contributed by atoms with van der Waals surface area (Å²) in [5.41, 5.74) is 1.62. The second-order valence-electron chi connectivity index (χ2n) is 12.0. The average Bonchev–Trinajstić information content (AvgIpc) is 2.93. The van der Waals surface area contributed by atoms with Crippen LogP contribution in [0.2, 0.25) is 0 Å². The van der Waals surface area contributed by atoms with Crippen LogP contribution in [0.1, 0.15) is 64.4 Å². The van der Waals surface area contributed by atoms with E-state index in [9.17, 15) is 9.59 Å². The van der Waals surface area contributed by atoms with Crippen LogP contribution < -0.4 is 4.74 Å². The number of carbonyl (C=O) groups is 2. The summed E-state index contributed by atoms with van der Waals surface area (Å²) in [6, 6.07) is 22.0. The largest absolute Gasteiger partial charge is 0.489 e. The fourth-order valence-electron chi connectivity index (χ4n) is 4.85. The molecule has 0 bridgehead atoms. The van der Waals surface area contributed by atoms with Gasteiger partial charge < -0.3 is 19.1 Å². The minimum absolute atomic E-state index is 0.268. The molecule has 226 valence electrons. The van der Waals surface area contributed by atoms with Gasteiger partial charge in [0.2, 0.25) is 0 Å². The monoisotopic (exact) mass is 574 g/mol. The molecule has 0 radical (unpaired) electrons. The van der Waals surface area contributed by atoms with Gasteiger partial charge in [-0.15, -0.1) is 0 Å². The van der Waals surface area contributed by atoms with Crippen LogP contribution >= 0.6 is 0 Å². The maximum atomic E-state index is 13.5. The number of hydrogen-bond acceptors (Lipinski definition) is 6. The van der Waals surface area contributed by atoms with Gasteiger partial charge >= 0.3 is 12.1 Å². The first kappa shape index (κ1) is 32.7. The predicted octanol–water partition coefficient (Wildman–Crippen LogP) is 7.44. The summed E-state index contributed by atoms with van der Waals surface area (Å²) >= 11 is 0. The van der Waals surface area contributed by atoms with Crippen molar-refractivity contribution in [3.8, 4) is 5.75 Å². The van der Waals surface area contributed by atoms with E-state index in [-0.39, 0.29) is 18.7 Å². The number of esters is 1. The first-order valence-electron chi connectivity index (χ1n) is 14.6. The lowest BCUT2D eigenvalue weighted by atomic mass is 10.1. The number of hydrogen-bond donors (Lipinski definition) is 0. The molecule has 42 heavy (non-hydrogen) atoms. The first-order chi connectivity index (χ1) is 19.9. The van der Waals surface area contributed by atoms with Crippen LogP contribution in [-0.4, -0.2) is 72.9 Å². The molecular weight excluding hydrogens is 528 g/mol. The first-order valence-corrected chi connectivity index (χ1v) is 14.6. The number of methoxy groups -OCH3 is 1. The van der Waals surface area contributed by atoms with Gasteiger partial charge in [-0.25, -0.2) is 9.59 Å². The Morgan fingerprint density at radius 1 is 0.857 bits per heavy atom. The molecule has 7 nitrogen and oxygen atoms in total. The predicted molar refractivity (Wildman–Crippen MR) is 170 cm³/mol. The molecule has 0 saturated carbocycles. The van der Waals surface area contributed by atoms with Gasteiger partial charge in [0.15, 0.2) is 0 Å². The third-order valence-electron chi connectivity index (χ3n) is 6.87. The molecule has 3 aromatic carbocycles. The zero-order valence-electron chi connectivity index (χ0n) is 26.3. The number of fused-ring (bicyclic) bond motifs is 1. The van der Waals surface area contributed by atoms with Gasteiger partial charge in [-0.3, -0.25) is 4.90 Å². The normalized spacial score (nSPS) is 12.2. The lowest BCUT2D eigenvalue weighted by Gasteiger charge is -2.34. The van der Waals surface area contributed by atoms with E-state index in [1.807, 2.05) is 69.3 Å². The van der Waals surface area contributed by atoms with Crippen molar-refractivity contribution in [3.63, 3.8) is 0 Å². The van der Waals surface area contributed by atoms with Crippen molar-refractivity contribution in [1.29, 1.82) is 0 Å². The molecule has 0 aromatic heterocycles. The molecule has 0 aliphatic carbocycles. The Bertz CT molecular complexity index is 1340. The van der Waals surface area contributed by atoms with Crippen molar-refractivity contribution in [3.05, 3.63) is 83.4 Å². The number of rotatable bonds is 12. The van der Waals surface area contributed by atoms with E-state index >= 15 is 0 Å². The molecule has 0 spiro atoms. The van der Waals surface area contributed by atoms with E-state index in [4.69, 9.17) is 14.2 Å². The highest BCUT2D eigenvalue weighted by atomic mass is 16.6. The van der Waals surface area contributed by atoms with E-state index in [2.05, 4.69) is 44.7 Å². The Labute approximate surface area is 251 Å². The molecule has 0 saturated heterocycles. The number of carbonyl (C=O) groups excluding carboxylic acids is 2. The third kappa shape index (κ3) is 9.62. The van der Waals surface area contributed by atoms with Crippen LogP contribution in [-0.2, 0) is 9.47 Å². The van der Waals surface area contributed by atoms with Crippen molar-refractivity contribution in [1.82, 2.24) is 9.80 Å². The number of ether oxygens (including phenoxy) is 3. The fraction of sp³-hybridized carbons (Fsp3) is 0.429. The van der Waals surface area contributed by atoms with E-state index in [0.717, 1.165) is 27.7 Å². The molecule has 7 heteroatoms. The van der Waals surface area contributed by atoms with Crippen molar-refractivity contribution >= 4 is 28.9 Å². The van der Waals surface area contributed by atoms with Crippen LogP contribution in [0.3, 0.4) is 0 Å². The molecule has 0 atom stereocenters. The summed E-state index contributed by atoms with van der Waals surface area (Å²) in [5, 5.41) is 2.12. The summed E-state index contributed by atoms with van der Waals surface area (Å²) in [5.74, 6) is 0.385. The molecule has 0 unspecified atom stereocenters. The Balaban J connectivity index is 1.94. The fourth-order valence-corrected chi connectivity index (χ4v) is 4.85. The maximum Gasteiger partial charge on any atom is 0.410 e. The number of amides is 1. The zero-order valence-corrected chi connectivity index (χ0v) is 26.3. The van der Waals surface area contributed by atoms with Gasteiger partial charge in [0.25, 0.3) is 0 Å². The van der Waals surface area contributed by atoms with Gasteiger partial charge in [-0.2, -0.15) is 0 Å². The van der Waals surface area contributed by atoms with Gasteiger partial charge in [0, 0.05) is 37.1 Å². The summed E-state index contributed by atoms with van der Waals surface area (Å²) in [6.45, 7) is 16.1. The molecule has 1 amide bonds. The summed E-state index contributed by atoms with van der Waals surface area (Å²) in [7, 11) is 1.36. The lowest BCUT2D eigenvalue weighted by Crippen LogP contribution is -2.46. The van der Waals surface area contributed by atoms with Crippen LogP contribution in [0, 0.1) is 0 Å². The highest BCUT2D eigenvalue weighted by Gasteiger charge is 2.25. The highest BCUT2D eigenvalue weighted by Crippen LogP contribution is 2.26. The average molecular weight is 575 g/mol. The second kappa shape index (κ2) is 14.9. The van der Waals surface area contributed by atoms with Crippen molar-refractivity contribution in [2.75, 3.05) is 33.4 Å². The molecule has 0 aliphatic heterocycles. The quantitative estimate of drug-likeness (QED) is 0.209. The molecule has 0 aliphatic rings. The summed E-state index contributed by atoms with van der Waals surface area (Å²) < 4.78 is 17.1. The van der Waals surface area contributed by atoms with Gasteiger partial charge in [-0.1, -0.05) is 54.6 Å². The van der Waals surface area contributed by atoms with Crippen molar-refractivity contribution < 1.29 is 23.8 Å². The van der Waals surface area contributed by atoms with E-state index in [0.29, 0.717) is 37.3 Å². The maximum absolute atomic E-state index is 13.5. The Hall–Kier alpha value is -3.84. The zero-order chi connectivity index (χ0) is 30.9. The number of benzene rings is 3. The van der Waals surface area contributed by atoms with Crippen LogP contribution in [0.4, 0.5) is 4.79 Å². The van der Waals surface area contributed by atoms with Crippen LogP contribution in [0.25, 0.3) is 16.8 Å². The Morgan fingerprint density at radius 2 is 1.50 bits per heavy atom. The molecule has 0 heterocycles. The SMILES string of the molecule is COC(=O)c1ccc(/C=C(\COc2cccc3ccccc23)CN(CCN(C(C)C)C(C)C)C(=O)OC(C)(C)C)cc1. The summed E-state index contributed by atoms with van der Waals surface area (Å²) in [6.07, 6.45) is 1.64. The van der Waals surface area contributed by atoms with Crippen LogP contribution in [0.15, 0.2) is 72.3 Å². The van der Waals surface area contributed by atoms with Gasteiger partial charge in [-0.05, 0) is 83.2 Å². The highest BCUT2D eigenvalue weighted by molar-refractivity contribution is 5.89. The molecule has 0 N–H and O–H groups in total. The van der Waals surface area contributed by atoms with Crippen molar-refractivity contribution in [2.24, 2.45) is 0 Å². The minimum Gasteiger partial charge on any atom is -0.489 e. The standard InChI is InChI=1S/C35H46N2O5/c1-25(2)37(26(3)4)21-20-36(34(39)42-35(5,6)7)23-28(22-27-16-18-30(19-17-27)33(38)40-8)24-41-32-15-11-13-29-12-9-10-14-31(29)32/h9-19,22,25-26H,20-21,23-24H2,1-8H3/b28-22-. The minimum atomic E-state index is -0.627. The summed E-state index contributed by atoms with van der Waals surface area (Å²) in [4.78, 5) is 29.5. The van der Waals surface area contributed by atoms with Gasteiger partial charge in [0.05, 0.1) is 12.7 Å². The van der Waals surface area contributed by atoms with Crippen LogP contribution in [0.5, 0.6) is 5.75 Å². The molecule has 0 fully saturated rings. The van der Waals surface area contributed by atoms with Crippen molar-refractivity contribution in [2.45, 2.75) is 66.2 Å². The second-order valence-corrected chi connectivity index (χ2v) is 12.0. The van der Waals surface area contributed by atoms with E-state index < -0.39 is 5.60 Å². The molecule has 3 aromatic rings. The topological polar surface area (TPSA) is 68.3 Å². The van der Waals surface area contributed by atoms with E-state index in [1.54, 1.807) is 17.0 Å². The smallest absolute Gasteiger partial charge is 0.410 e. The third-order valence-corrected chi connectivity index (χ3v) is 6.87. The van der Waals surface area contributed by atoms with E-state index in [1.165, 1.54) is 7.11 Å². The van der Waals surface area contributed by atoms with Gasteiger partial charge in [0.1, 0.15) is 18.0 Å². The molecule has 3 rings (SSSR count). The Morgan fingerprint density at radius 3 is 2.12 bits per heavy atom. The molecular formula is C35H46N2O5. The Kier molecular flexibility index (Phi) is 11.6.